The van der Waals surface area contributed by atoms with Crippen LogP contribution in [0.3, 0.4) is 0 Å². The second-order valence-electron chi connectivity index (χ2n) is 8.19. The number of carbonyl (C=O) groups excluding carboxylic acids is 2. The number of para-hydroxylation sites is 1. The fourth-order valence-electron chi connectivity index (χ4n) is 3.57. The number of furan rings is 1. The number of aromatic nitrogens is 1. The summed E-state index contributed by atoms with van der Waals surface area (Å²) in [5.41, 5.74) is 2.60. The van der Waals surface area contributed by atoms with Crippen molar-refractivity contribution in [1.29, 1.82) is 0 Å². The minimum absolute atomic E-state index is 0.132. The molecule has 1 amide bonds. The minimum atomic E-state index is -0.805. The van der Waals surface area contributed by atoms with Crippen molar-refractivity contribution in [1.82, 2.24) is 4.98 Å². The third-order valence-corrected chi connectivity index (χ3v) is 6.50. The molecule has 176 valence electrons. The van der Waals surface area contributed by atoms with Crippen molar-refractivity contribution >= 4 is 39.3 Å². The van der Waals surface area contributed by atoms with Crippen molar-refractivity contribution in [3.05, 3.63) is 65.4 Å². The van der Waals surface area contributed by atoms with Crippen molar-refractivity contribution in [3.63, 3.8) is 0 Å². The first kappa shape index (κ1) is 23.5. The molecule has 0 aliphatic rings. The number of thiazole rings is 1. The largest absolute Gasteiger partial charge is 0.481 e. The van der Waals surface area contributed by atoms with E-state index in [1.54, 1.807) is 13.8 Å². The van der Waals surface area contributed by atoms with Gasteiger partial charge < -0.3 is 13.9 Å². The second kappa shape index (κ2) is 9.69. The van der Waals surface area contributed by atoms with Crippen LogP contribution in [0.25, 0.3) is 20.8 Å². The van der Waals surface area contributed by atoms with Gasteiger partial charge in [0.15, 0.2) is 6.10 Å². The molecule has 0 fully saturated rings. The molecule has 1 unspecified atom stereocenters. The van der Waals surface area contributed by atoms with Gasteiger partial charge in [0.2, 0.25) is 5.88 Å². The van der Waals surface area contributed by atoms with Gasteiger partial charge >= 0.3 is 5.97 Å². The molecular weight excluding hydrogens is 452 g/mol. The first-order chi connectivity index (χ1) is 16.3. The number of esters is 1. The van der Waals surface area contributed by atoms with Gasteiger partial charge in [-0.25, -0.2) is 9.78 Å². The third-order valence-electron chi connectivity index (χ3n) is 5.45. The summed E-state index contributed by atoms with van der Waals surface area (Å²) in [5, 5.41) is 3.32. The molecular formula is C26H26N2O5S. The lowest BCUT2D eigenvalue weighted by atomic mass is 10.0. The normalized spacial score (nSPS) is 12.1. The predicted octanol–water partition coefficient (Wildman–Crippen LogP) is 6.18. The summed E-state index contributed by atoms with van der Waals surface area (Å²) in [6.45, 7) is 7.53. The van der Waals surface area contributed by atoms with Gasteiger partial charge in [0, 0.05) is 0 Å². The van der Waals surface area contributed by atoms with E-state index in [0.29, 0.717) is 28.0 Å². The highest BCUT2D eigenvalue weighted by Gasteiger charge is 2.29. The number of hydrogen-bond donors (Lipinski definition) is 1. The molecule has 0 spiro atoms. The van der Waals surface area contributed by atoms with E-state index in [2.05, 4.69) is 24.1 Å². The highest BCUT2D eigenvalue weighted by Crippen LogP contribution is 2.40. The predicted molar refractivity (Wildman–Crippen MR) is 133 cm³/mol. The Hall–Kier alpha value is -3.65. The number of benzene rings is 2. The highest BCUT2D eigenvalue weighted by molar-refractivity contribution is 7.21. The Morgan fingerprint density at radius 2 is 1.76 bits per heavy atom. The van der Waals surface area contributed by atoms with E-state index in [9.17, 15) is 9.59 Å². The van der Waals surface area contributed by atoms with Gasteiger partial charge in [0.25, 0.3) is 5.91 Å². The van der Waals surface area contributed by atoms with Crippen LogP contribution in [-0.4, -0.2) is 30.1 Å². The van der Waals surface area contributed by atoms with Crippen LogP contribution in [-0.2, 0) is 9.53 Å². The lowest BCUT2D eigenvalue weighted by Crippen LogP contribution is -2.30. The number of nitrogens with zero attached hydrogens (tertiary/aromatic N) is 1. The average Bonchev–Trinajstić information content (AvgIpc) is 3.39. The Morgan fingerprint density at radius 3 is 2.41 bits per heavy atom. The molecule has 34 heavy (non-hydrogen) atoms. The quantitative estimate of drug-likeness (QED) is 0.319. The van der Waals surface area contributed by atoms with Crippen LogP contribution >= 0.6 is 11.3 Å². The molecule has 0 aliphatic carbocycles. The molecule has 1 atom stereocenters. The molecule has 4 rings (SSSR count). The zero-order chi connectivity index (χ0) is 24.4. The van der Waals surface area contributed by atoms with Gasteiger partial charge in [-0.05, 0) is 49.6 Å². The van der Waals surface area contributed by atoms with Crippen LogP contribution in [0.5, 0.6) is 5.75 Å². The van der Waals surface area contributed by atoms with Gasteiger partial charge in [-0.1, -0.05) is 38.1 Å². The maximum atomic E-state index is 13.0. The van der Waals surface area contributed by atoms with E-state index >= 15 is 0 Å². The molecule has 0 saturated heterocycles. The number of hydrogen-bond acceptors (Lipinski definition) is 7. The number of fused-ring (bicyclic) bond motifs is 1. The number of nitrogens with one attached hydrogen (secondary N) is 1. The first-order valence-corrected chi connectivity index (χ1v) is 11.7. The van der Waals surface area contributed by atoms with E-state index in [0.717, 1.165) is 10.2 Å². The summed E-state index contributed by atoms with van der Waals surface area (Å²) in [5.74, 6) is 0.471. The van der Waals surface area contributed by atoms with Gasteiger partial charge in [-0.3, -0.25) is 10.1 Å². The Labute approximate surface area is 201 Å². The lowest BCUT2D eigenvalue weighted by Gasteiger charge is -2.15. The minimum Gasteiger partial charge on any atom is -0.481 e. The zero-order valence-corrected chi connectivity index (χ0v) is 20.5. The van der Waals surface area contributed by atoms with E-state index in [-0.39, 0.29) is 11.4 Å². The molecule has 2 aromatic carbocycles. The molecule has 2 heterocycles. The molecule has 4 aromatic rings. The van der Waals surface area contributed by atoms with Crippen LogP contribution in [0.2, 0.25) is 0 Å². The monoisotopic (exact) mass is 478 g/mol. The number of amides is 1. The number of ether oxygens (including phenoxy) is 2. The zero-order valence-electron chi connectivity index (χ0n) is 19.7. The van der Waals surface area contributed by atoms with Crippen molar-refractivity contribution in [2.75, 3.05) is 12.4 Å². The fourth-order valence-corrected chi connectivity index (χ4v) is 4.58. The van der Waals surface area contributed by atoms with Crippen molar-refractivity contribution in [3.8, 4) is 16.3 Å². The highest BCUT2D eigenvalue weighted by atomic mass is 32.1. The van der Waals surface area contributed by atoms with Crippen molar-refractivity contribution in [2.24, 2.45) is 0 Å². The summed E-state index contributed by atoms with van der Waals surface area (Å²) in [4.78, 5) is 30.2. The molecule has 0 saturated carbocycles. The van der Waals surface area contributed by atoms with Gasteiger partial charge in [-0.2, -0.15) is 0 Å². The molecule has 0 bridgehead atoms. The molecule has 7 nitrogen and oxygen atoms in total. The van der Waals surface area contributed by atoms with Crippen LogP contribution in [0.15, 0.2) is 52.9 Å². The van der Waals surface area contributed by atoms with Crippen LogP contribution in [0, 0.1) is 6.92 Å². The van der Waals surface area contributed by atoms with Crippen LogP contribution in [0.4, 0.5) is 5.88 Å². The Kier molecular flexibility index (Phi) is 6.70. The number of aryl methyl sites for hydroxylation is 1. The van der Waals surface area contributed by atoms with Crippen LogP contribution in [0.1, 0.15) is 48.4 Å². The second-order valence-corrected chi connectivity index (χ2v) is 9.22. The molecule has 1 N–H and O–H groups in total. The van der Waals surface area contributed by atoms with E-state index in [1.165, 1.54) is 24.0 Å². The summed E-state index contributed by atoms with van der Waals surface area (Å²) < 4.78 is 17.5. The van der Waals surface area contributed by atoms with E-state index in [1.807, 2.05) is 48.5 Å². The summed E-state index contributed by atoms with van der Waals surface area (Å²) in [6, 6.07) is 15.3. The third kappa shape index (κ3) is 4.68. The Morgan fingerprint density at radius 1 is 1.06 bits per heavy atom. The summed E-state index contributed by atoms with van der Waals surface area (Å²) in [6.07, 6.45) is -0.805. The topological polar surface area (TPSA) is 90.7 Å². The number of anilines is 1. The SMILES string of the molecule is COC(=O)c1c(C)oc(NC(=O)C(C)Oc2ccc(C(C)C)cc2)c1-c1nc2ccccc2s1. The number of methoxy groups -OCH3 is 1. The average molecular weight is 479 g/mol. The van der Waals surface area contributed by atoms with Gasteiger partial charge in [0.1, 0.15) is 22.1 Å². The lowest BCUT2D eigenvalue weighted by molar-refractivity contribution is -0.122. The molecule has 0 radical (unpaired) electrons. The van der Waals surface area contributed by atoms with E-state index in [4.69, 9.17) is 13.9 Å². The maximum absolute atomic E-state index is 13.0. The smallest absolute Gasteiger partial charge is 0.342 e. The number of carbonyl (C=O) groups is 2. The fraction of sp³-hybridized carbons (Fsp3) is 0.269. The molecule has 2 aromatic heterocycles. The Balaban J connectivity index is 1.63. The maximum Gasteiger partial charge on any atom is 0.342 e. The summed E-state index contributed by atoms with van der Waals surface area (Å²) in [7, 11) is 1.30. The molecule has 8 heteroatoms. The van der Waals surface area contributed by atoms with Crippen LogP contribution < -0.4 is 10.1 Å². The van der Waals surface area contributed by atoms with Crippen molar-refractivity contribution < 1.29 is 23.5 Å². The standard InChI is InChI=1S/C26H26N2O5S/c1-14(2)17-10-12-18(13-11-17)32-16(4)23(29)28-24-22(21(15(3)33-24)26(30)31-5)25-27-19-8-6-7-9-20(19)34-25/h6-14,16H,1-5H3,(H,28,29). The first-order valence-electron chi connectivity index (χ1n) is 10.9. The van der Waals surface area contributed by atoms with Gasteiger partial charge in [0.05, 0.1) is 22.9 Å². The summed E-state index contributed by atoms with van der Waals surface area (Å²) >= 11 is 1.40. The molecule has 0 aliphatic heterocycles. The van der Waals surface area contributed by atoms with Crippen molar-refractivity contribution in [2.45, 2.75) is 39.7 Å². The van der Waals surface area contributed by atoms with Gasteiger partial charge in [-0.15, -0.1) is 11.3 Å². The Bertz CT molecular complexity index is 1300. The number of rotatable bonds is 7. The van der Waals surface area contributed by atoms with E-state index < -0.39 is 18.0 Å².